The minimum Gasteiger partial charge on any atom is -0.391 e. The van der Waals surface area contributed by atoms with Crippen molar-refractivity contribution in [1.82, 2.24) is 4.98 Å². The molecular formula is C8H6ClF4NO2. The fraction of sp³-hybridized carbons (Fsp3) is 0.375. The van der Waals surface area contributed by atoms with Gasteiger partial charge in [0.1, 0.15) is 0 Å². The van der Waals surface area contributed by atoms with Crippen LogP contribution in [0.15, 0.2) is 6.07 Å². The van der Waals surface area contributed by atoms with E-state index in [1.54, 1.807) is 0 Å². The Kier molecular flexibility index (Phi) is 3.93. The standard InChI is InChI=1S/C8H6ClF4NO2/c9-2-4-1-6(10)14-7(5(4)3-15)16-8(11,12)13/h1,15H,2-3H2. The Morgan fingerprint density at radius 2 is 2.06 bits per heavy atom. The van der Waals surface area contributed by atoms with Crippen LogP contribution >= 0.6 is 11.6 Å². The molecule has 90 valence electrons. The van der Waals surface area contributed by atoms with Crippen LogP contribution in [0.25, 0.3) is 0 Å². The molecule has 8 heteroatoms. The third-order valence-electron chi connectivity index (χ3n) is 1.66. The number of pyridine rings is 1. The summed E-state index contributed by atoms with van der Waals surface area (Å²) in [6.07, 6.45) is -5.01. The lowest BCUT2D eigenvalue weighted by Gasteiger charge is -2.13. The Morgan fingerprint density at radius 3 is 2.50 bits per heavy atom. The van der Waals surface area contributed by atoms with Crippen molar-refractivity contribution in [3.8, 4) is 5.88 Å². The van der Waals surface area contributed by atoms with Gasteiger partial charge in [0.05, 0.1) is 6.61 Å². The molecular weight excluding hydrogens is 254 g/mol. The van der Waals surface area contributed by atoms with Crippen LogP contribution in [0.3, 0.4) is 0 Å². The molecule has 0 radical (unpaired) electrons. The summed E-state index contributed by atoms with van der Waals surface area (Å²) in [5, 5.41) is 8.85. The SMILES string of the molecule is OCc1c(CCl)cc(F)nc1OC(F)(F)F. The molecule has 16 heavy (non-hydrogen) atoms. The van der Waals surface area contributed by atoms with Crippen molar-refractivity contribution in [2.75, 3.05) is 0 Å². The highest BCUT2D eigenvalue weighted by Gasteiger charge is 2.33. The van der Waals surface area contributed by atoms with Gasteiger partial charge < -0.3 is 9.84 Å². The van der Waals surface area contributed by atoms with E-state index in [9.17, 15) is 17.6 Å². The lowest BCUT2D eigenvalue weighted by atomic mass is 10.1. The number of aromatic nitrogens is 1. The lowest BCUT2D eigenvalue weighted by molar-refractivity contribution is -0.276. The third-order valence-corrected chi connectivity index (χ3v) is 1.95. The first-order valence-corrected chi connectivity index (χ1v) is 4.51. The van der Waals surface area contributed by atoms with E-state index in [-0.39, 0.29) is 17.0 Å². The van der Waals surface area contributed by atoms with Crippen molar-refractivity contribution in [3.63, 3.8) is 0 Å². The van der Waals surface area contributed by atoms with Crippen molar-refractivity contribution in [1.29, 1.82) is 0 Å². The molecule has 0 amide bonds. The van der Waals surface area contributed by atoms with Gasteiger partial charge in [0.25, 0.3) is 0 Å². The molecule has 0 spiro atoms. The average molecular weight is 260 g/mol. The largest absolute Gasteiger partial charge is 0.574 e. The van der Waals surface area contributed by atoms with Crippen LogP contribution in [-0.4, -0.2) is 16.5 Å². The highest BCUT2D eigenvalue weighted by Crippen LogP contribution is 2.28. The summed E-state index contributed by atoms with van der Waals surface area (Å²) in [4.78, 5) is 2.91. The number of aliphatic hydroxyl groups excluding tert-OH is 1. The van der Waals surface area contributed by atoms with E-state index < -0.39 is 24.8 Å². The van der Waals surface area contributed by atoms with E-state index in [0.717, 1.165) is 6.07 Å². The molecule has 1 aromatic heterocycles. The fourth-order valence-corrected chi connectivity index (χ4v) is 1.29. The number of ether oxygens (including phenoxy) is 1. The van der Waals surface area contributed by atoms with Gasteiger partial charge in [0.2, 0.25) is 11.8 Å². The molecule has 0 fully saturated rings. The molecule has 3 nitrogen and oxygen atoms in total. The normalized spacial score (nSPS) is 11.6. The molecule has 0 saturated carbocycles. The van der Waals surface area contributed by atoms with E-state index in [1.165, 1.54) is 0 Å². The van der Waals surface area contributed by atoms with E-state index in [0.29, 0.717) is 0 Å². The molecule has 1 rings (SSSR count). The molecule has 0 aliphatic rings. The first-order chi connectivity index (χ1) is 7.37. The Balaban J connectivity index is 3.20. The summed E-state index contributed by atoms with van der Waals surface area (Å²) < 4.78 is 52.1. The molecule has 1 heterocycles. The van der Waals surface area contributed by atoms with E-state index in [1.807, 2.05) is 0 Å². The highest BCUT2D eigenvalue weighted by atomic mass is 35.5. The van der Waals surface area contributed by atoms with Crippen molar-refractivity contribution in [2.24, 2.45) is 0 Å². The predicted molar refractivity (Wildman–Crippen MR) is 46.4 cm³/mol. The van der Waals surface area contributed by atoms with E-state index >= 15 is 0 Å². The summed E-state index contributed by atoms with van der Waals surface area (Å²) >= 11 is 5.38. The minimum atomic E-state index is -5.01. The van der Waals surface area contributed by atoms with Crippen LogP contribution in [0, 0.1) is 5.95 Å². The van der Waals surface area contributed by atoms with Crippen molar-refractivity contribution >= 4 is 11.6 Å². The van der Waals surface area contributed by atoms with E-state index in [2.05, 4.69) is 9.72 Å². The van der Waals surface area contributed by atoms with Crippen LogP contribution in [0.5, 0.6) is 5.88 Å². The van der Waals surface area contributed by atoms with Crippen molar-refractivity contribution < 1.29 is 27.4 Å². The minimum absolute atomic E-state index is 0.00378. The molecule has 0 unspecified atom stereocenters. The van der Waals surface area contributed by atoms with Crippen LogP contribution in [0.2, 0.25) is 0 Å². The second-order valence-electron chi connectivity index (χ2n) is 2.73. The maximum absolute atomic E-state index is 12.8. The number of alkyl halides is 4. The van der Waals surface area contributed by atoms with Gasteiger partial charge in [-0.3, -0.25) is 0 Å². The molecule has 1 N–H and O–H groups in total. The number of aliphatic hydroxyl groups is 1. The lowest BCUT2D eigenvalue weighted by Crippen LogP contribution is -2.20. The zero-order chi connectivity index (χ0) is 12.3. The smallest absolute Gasteiger partial charge is 0.391 e. The van der Waals surface area contributed by atoms with Crippen LogP contribution in [0.1, 0.15) is 11.1 Å². The number of hydrogen-bond donors (Lipinski definition) is 1. The van der Waals surface area contributed by atoms with Gasteiger partial charge in [0.15, 0.2) is 0 Å². The molecule has 0 saturated heterocycles. The monoisotopic (exact) mass is 259 g/mol. The fourth-order valence-electron chi connectivity index (χ4n) is 1.05. The quantitative estimate of drug-likeness (QED) is 0.515. The number of halogens is 5. The summed E-state index contributed by atoms with van der Waals surface area (Å²) in [6, 6.07) is 0.835. The second-order valence-corrected chi connectivity index (χ2v) is 2.99. The van der Waals surface area contributed by atoms with E-state index in [4.69, 9.17) is 16.7 Å². The molecule has 0 aliphatic carbocycles. The molecule has 0 aliphatic heterocycles. The number of nitrogens with zero attached hydrogens (tertiary/aromatic N) is 1. The molecule has 0 aromatic carbocycles. The Hall–Kier alpha value is -1.08. The number of hydrogen-bond acceptors (Lipinski definition) is 3. The number of rotatable bonds is 3. The third kappa shape index (κ3) is 3.21. The summed E-state index contributed by atoms with van der Waals surface area (Å²) in [5.74, 6) is -2.44. The van der Waals surface area contributed by atoms with Gasteiger partial charge in [0, 0.05) is 11.4 Å². The maximum atomic E-state index is 12.8. The topological polar surface area (TPSA) is 42.4 Å². The van der Waals surface area contributed by atoms with Gasteiger partial charge in [-0.05, 0) is 11.6 Å². The van der Waals surface area contributed by atoms with Crippen molar-refractivity contribution in [2.45, 2.75) is 18.8 Å². The zero-order valence-corrected chi connectivity index (χ0v) is 8.44. The second kappa shape index (κ2) is 4.84. The molecule has 0 atom stereocenters. The Bertz CT molecular complexity index is 383. The average Bonchev–Trinajstić information content (AvgIpc) is 2.14. The first kappa shape index (κ1) is 13.0. The van der Waals surface area contributed by atoms with Gasteiger partial charge in [-0.25, -0.2) is 0 Å². The molecule has 1 aromatic rings. The zero-order valence-electron chi connectivity index (χ0n) is 7.68. The van der Waals surface area contributed by atoms with Crippen LogP contribution in [-0.2, 0) is 12.5 Å². The van der Waals surface area contributed by atoms with Crippen molar-refractivity contribution in [3.05, 3.63) is 23.1 Å². The maximum Gasteiger partial charge on any atom is 0.574 e. The van der Waals surface area contributed by atoms with Gasteiger partial charge >= 0.3 is 6.36 Å². The molecule has 0 bridgehead atoms. The summed E-state index contributed by atoms with van der Waals surface area (Å²) in [5.41, 5.74) is -0.287. The van der Waals surface area contributed by atoms with Crippen LogP contribution < -0.4 is 4.74 Å². The Labute approximate surface area is 92.6 Å². The summed E-state index contributed by atoms with van der Waals surface area (Å²) in [6.45, 7) is -0.777. The van der Waals surface area contributed by atoms with Gasteiger partial charge in [-0.1, -0.05) is 0 Å². The Morgan fingerprint density at radius 1 is 1.44 bits per heavy atom. The predicted octanol–water partition coefficient (Wildman–Crippen LogP) is 2.35. The van der Waals surface area contributed by atoms with Gasteiger partial charge in [-0.2, -0.15) is 9.37 Å². The summed E-state index contributed by atoms with van der Waals surface area (Å²) in [7, 11) is 0. The van der Waals surface area contributed by atoms with Crippen LogP contribution in [0.4, 0.5) is 17.6 Å². The van der Waals surface area contributed by atoms with Gasteiger partial charge in [-0.15, -0.1) is 24.8 Å². The first-order valence-electron chi connectivity index (χ1n) is 3.98. The highest BCUT2D eigenvalue weighted by molar-refractivity contribution is 6.17.